The molecular weight excluding hydrogens is 342 g/mol. The van der Waals surface area contributed by atoms with Crippen LogP contribution < -0.4 is 5.73 Å². The van der Waals surface area contributed by atoms with Gasteiger partial charge in [0.25, 0.3) is 5.89 Å². The first-order valence-corrected chi connectivity index (χ1v) is 7.42. The van der Waals surface area contributed by atoms with E-state index in [-0.39, 0.29) is 12.4 Å². The van der Waals surface area contributed by atoms with Crippen molar-refractivity contribution in [3.63, 3.8) is 0 Å². The molecule has 3 rings (SSSR count). The van der Waals surface area contributed by atoms with E-state index >= 15 is 0 Å². The summed E-state index contributed by atoms with van der Waals surface area (Å²) in [4.78, 5) is 4.52. The lowest BCUT2D eigenvalue weighted by Gasteiger charge is -2.17. The minimum Gasteiger partial charge on any atom is -0.398 e. The van der Waals surface area contributed by atoms with Crippen LogP contribution in [0.5, 0.6) is 0 Å². The highest BCUT2D eigenvalue weighted by molar-refractivity contribution is 9.10. The van der Waals surface area contributed by atoms with Crippen molar-refractivity contribution in [2.24, 2.45) is 0 Å². The topological polar surface area (TPSA) is 64.9 Å². The molecule has 0 radical (unpaired) electrons. The van der Waals surface area contributed by atoms with Gasteiger partial charge in [-0.3, -0.25) is 0 Å². The van der Waals surface area contributed by atoms with E-state index in [0.717, 1.165) is 28.7 Å². The van der Waals surface area contributed by atoms with E-state index in [4.69, 9.17) is 10.3 Å². The van der Waals surface area contributed by atoms with Gasteiger partial charge in [0, 0.05) is 16.1 Å². The van der Waals surface area contributed by atoms with E-state index in [1.54, 1.807) is 0 Å². The molecule has 4 nitrogen and oxygen atoms in total. The molecule has 20 heavy (non-hydrogen) atoms. The Balaban J connectivity index is 0.00000147. The predicted molar refractivity (Wildman–Crippen MR) is 84.9 cm³/mol. The smallest absolute Gasteiger partial charge is 0.260 e. The van der Waals surface area contributed by atoms with Crippen LogP contribution in [0.1, 0.15) is 43.8 Å². The molecular formula is C14H17BrClN3O. The van der Waals surface area contributed by atoms with Crippen molar-refractivity contribution in [3.8, 4) is 11.5 Å². The third-order valence-corrected chi connectivity index (χ3v) is 4.15. The Morgan fingerprint density at radius 1 is 1.20 bits per heavy atom. The second kappa shape index (κ2) is 6.59. The molecule has 2 N–H and O–H groups in total. The number of nitrogens with two attached hydrogens (primary N) is 1. The van der Waals surface area contributed by atoms with Crippen LogP contribution in [0.15, 0.2) is 27.2 Å². The summed E-state index contributed by atoms with van der Waals surface area (Å²) in [6.45, 7) is 0. The standard InChI is InChI=1S/C14H16BrN3O.ClH/c15-10-6-7-11(12(16)8-10)14-17-13(18-19-14)9-4-2-1-3-5-9;/h6-9H,1-5,16H2;1H. The fourth-order valence-corrected chi connectivity index (χ4v) is 2.98. The lowest BCUT2D eigenvalue weighted by atomic mass is 9.89. The summed E-state index contributed by atoms with van der Waals surface area (Å²) in [5, 5.41) is 4.13. The summed E-state index contributed by atoms with van der Waals surface area (Å²) in [6.07, 6.45) is 6.16. The first-order chi connectivity index (χ1) is 9.24. The van der Waals surface area contributed by atoms with Crippen molar-refractivity contribution in [1.29, 1.82) is 0 Å². The Kier molecular flexibility index (Phi) is 5.05. The number of hydrogen-bond donors (Lipinski definition) is 1. The van der Waals surface area contributed by atoms with Crippen LogP contribution in [0.3, 0.4) is 0 Å². The van der Waals surface area contributed by atoms with Gasteiger partial charge in [-0.05, 0) is 31.0 Å². The van der Waals surface area contributed by atoms with E-state index in [2.05, 4.69) is 26.1 Å². The predicted octanol–water partition coefficient (Wildman–Crippen LogP) is 4.55. The zero-order valence-electron chi connectivity index (χ0n) is 11.0. The number of benzene rings is 1. The fraction of sp³-hybridized carbons (Fsp3) is 0.429. The molecule has 0 atom stereocenters. The molecule has 1 aromatic carbocycles. The van der Waals surface area contributed by atoms with E-state index in [0.29, 0.717) is 17.5 Å². The number of nitrogens with zero attached hydrogens (tertiary/aromatic N) is 2. The zero-order valence-corrected chi connectivity index (χ0v) is 13.4. The van der Waals surface area contributed by atoms with Gasteiger partial charge in [0.05, 0.1) is 5.56 Å². The van der Waals surface area contributed by atoms with Crippen LogP contribution in [0, 0.1) is 0 Å². The van der Waals surface area contributed by atoms with Gasteiger partial charge in [-0.25, -0.2) is 0 Å². The molecule has 1 aromatic heterocycles. The molecule has 6 heteroatoms. The number of aromatic nitrogens is 2. The second-order valence-electron chi connectivity index (χ2n) is 5.02. The maximum Gasteiger partial charge on any atom is 0.260 e. The van der Waals surface area contributed by atoms with Crippen LogP contribution in [-0.4, -0.2) is 10.1 Å². The number of hydrogen-bond acceptors (Lipinski definition) is 4. The van der Waals surface area contributed by atoms with Crippen molar-refractivity contribution < 1.29 is 4.52 Å². The lowest BCUT2D eigenvalue weighted by molar-refractivity contribution is 0.385. The van der Waals surface area contributed by atoms with E-state index in [1.807, 2.05) is 18.2 Å². The van der Waals surface area contributed by atoms with Crippen molar-refractivity contribution >= 4 is 34.0 Å². The van der Waals surface area contributed by atoms with Gasteiger partial charge in [0.15, 0.2) is 5.82 Å². The minimum absolute atomic E-state index is 0. The average Bonchev–Trinajstić information content (AvgIpc) is 2.89. The SMILES string of the molecule is Cl.Nc1cc(Br)ccc1-c1nc(C2CCCCC2)no1. The molecule has 0 spiro atoms. The molecule has 0 saturated heterocycles. The van der Waals surface area contributed by atoms with Gasteiger partial charge in [0.2, 0.25) is 0 Å². The third kappa shape index (κ3) is 3.15. The fourth-order valence-electron chi connectivity index (χ4n) is 2.60. The Morgan fingerprint density at radius 3 is 2.65 bits per heavy atom. The van der Waals surface area contributed by atoms with Gasteiger partial charge in [-0.15, -0.1) is 12.4 Å². The normalized spacial score (nSPS) is 15.8. The zero-order chi connectivity index (χ0) is 13.2. The summed E-state index contributed by atoms with van der Waals surface area (Å²) in [5.74, 6) is 1.80. The summed E-state index contributed by atoms with van der Waals surface area (Å²) in [5.41, 5.74) is 7.43. The van der Waals surface area contributed by atoms with Crippen LogP contribution >= 0.6 is 28.3 Å². The molecule has 0 aliphatic heterocycles. The highest BCUT2D eigenvalue weighted by Gasteiger charge is 2.21. The minimum atomic E-state index is 0. The lowest BCUT2D eigenvalue weighted by Crippen LogP contribution is -2.06. The molecule has 1 aliphatic carbocycles. The second-order valence-corrected chi connectivity index (χ2v) is 5.94. The Bertz CT molecular complexity index is 582. The molecule has 108 valence electrons. The number of rotatable bonds is 2. The van der Waals surface area contributed by atoms with Crippen LogP contribution in [0.25, 0.3) is 11.5 Å². The van der Waals surface area contributed by atoms with Crippen molar-refractivity contribution in [3.05, 3.63) is 28.5 Å². The van der Waals surface area contributed by atoms with Crippen LogP contribution in [0.2, 0.25) is 0 Å². The van der Waals surface area contributed by atoms with E-state index in [9.17, 15) is 0 Å². The molecule has 1 heterocycles. The summed E-state index contributed by atoms with van der Waals surface area (Å²) in [6, 6.07) is 5.67. The van der Waals surface area contributed by atoms with Crippen LogP contribution in [0.4, 0.5) is 5.69 Å². The molecule has 1 aliphatic rings. The van der Waals surface area contributed by atoms with Crippen molar-refractivity contribution in [1.82, 2.24) is 10.1 Å². The monoisotopic (exact) mass is 357 g/mol. The quantitative estimate of drug-likeness (QED) is 0.800. The molecule has 1 fully saturated rings. The highest BCUT2D eigenvalue weighted by Crippen LogP contribution is 2.33. The number of halogens is 2. The average molecular weight is 359 g/mol. The van der Waals surface area contributed by atoms with Gasteiger partial charge < -0.3 is 10.3 Å². The highest BCUT2D eigenvalue weighted by atomic mass is 79.9. The largest absolute Gasteiger partial charge is 0.398 e. The molecule has 0 unspecified atom stereocenters. The molecule has 0 amide bonds. The van der Waals surface area contributed by atoms with Crippen LogP contribution in [-0.2, 0) is 0 Å². The van der Waals surface area contributed by atoms with Gasteiger partial charge in [-0.1, -0.05) is 40.3 Å². The van der Waals surface area contributed by atoms with E-state index in [1.165, 1.54) is 19.3 Å². The van der Waals surface area contributed by atoms with Gasteiger partial charge >= 0.3 is 0 Å². The maximum atomic E-state index is 5.98. The first-order valence-electron chi connectivity index (χ1n) is 6.63. The van der Waals surface area contributed by atoms with Crippen molar-refractivity contribution in [2.75, 3.05) is 5.73 Å². The summed E-state index contributed by atoms with van der Waals surface area (Å²) >= 11 is 3.39. The third-order valence-electron chi connectivity index (χ3n) is 3.66. The first kappa shape index (κ1) is 15.3. The Labute approximate surface area is 132 Å². The van der Waals surface area contributed by atoms with Gasteiger partial charge in [0.1, 0.15) is 0 Å². The molecule has 2 aromatic rings. The Morgan fingerprint density at radius 2 is 1.95 bits per heavy atom. The Hall–Kier alpha value is -1.07. The van der Waals surface area contributed by atoms with E-state index < -0.39 is 0 Å². The molecule has 1 saturated carbocycles. The summed E-state index contributed by atoms with van der Waals surface area (Å²) in [7, 11) is 0. The number of nitrogen functional groups attached to an aromatic ring is 1. The summed E-state index contributed by atoms with van der Waals surface area (Å²) < 4.78 is 6.31. The maximum absolute atomic E-state index is 5.98. The number of anilines is 1. The van der Waals surface area contributed by atoms with Crippen molar-refractivity contribution in [2.45, 2.75) is 38.0 Å². The molecule has 0 bridgehead atoms. The van der Waals surface area contributed by atoms with Gasteiger partial charge in [-0.2, -0.15) is 4.98 Å².